The number of carbonyl (C=O) groups is 2. The van der Waals surface area contributed by atoms with Gasteiger partial charge in [0.15, 0.2) is 0 Å². The maximum Gasteiger partial charge on any atom is 0.306 e. The van der Waals surface area contributed by atoms with Crippen molar-refractivity contribution in [2.75, 3.05) is 0 Å². The average Bonchev–Trinajstić information content (AvgIpc) is 2.41. The Balaban J connectivity index is 2.22. The molecule has 0 aromatic heterocycles. The van der Waals surface area contributed by atoms with Gasteiger partial charge >= 0.3 is 11.9 Å². The average molecular weight is 270 g/mol. The van der Waals surface area contributed by atoms with Crippen LogP contribution in [0.5, 0.6) is 0 Å². The zero-order valence-electron chi connectivity index (χ0n) is 11.9. The molecular formula is C15H26O4. The van der Waals surface area contributed by atoms with E-state index in [0.717, 1.165) is 6.42 Å². The molecule has 1 saturated carbocycles. The normalized spacial score (nSPS) is 17.9. The highest BCUT2D eigenvalue weighted by atomic mass is 16.5. The van der Waals surface area contributed by atoms with Gasteiger partial charge in [-0.2, -0.15) is 0 Å². The molecule has 1 aliphatic carbocycles. The first-order valence-electron chi connectivity index (χ1n) is 7.54. The van der Waals surface area contributed by atoms with Gasteiger partial charge in [0.25, 0.3) is 0 Å². The Morgan fingerprint density at radius 3 is 2.37 bits per heavy atom. The molecule has 1 rings (SSSR count). The van der Waals surface area contributed by atoms with Gasteiger partial charge in [0.1, 0.15) is 6.10 Å². The third-order valence-electron chi connectivity index (χ3n) is 3.88. The summed E-state index contributed by atoms with van der Waals surface area (Å²) in [4.78, 5) is 22.1. The minimum atomic E-state index is -0.804. The second-order valence-electron chi connectivity index (χ2n) is 5.44. The van der Waals surface area contributed by atoms with Crippen molar-refractivity contribution in [2.24, 2.45) is 5.92 Å². The Hall–Kier alpha value is -1.06. The van der Waals surface area contributed by atoms with E-state index in [4.69, 9.17) is 9.84 Å². The van der Waals surface area contributed by atoms with Crippen molar-refractivity contribution in [3.63, 3.8) is 0 Å². The van der Waals surface area contributed by atoms with E-state index in [0.29, 0.717) is 25.2 Å². The molecule has 0 radical (unpaired) electrons. The van der Waals surface area contributed by atoms with Crippen molar-refractivity contribution in [3.05, 3.63) is 0 Å². The lowest BCUT2D eigenvalue weighted by molar-refractivity contribution is -0.153. The van der Waals surface area contributed by atoms with Gasteiger partial charge < -0.3 is 9.84 Å². The molecule has 4 heteroatoms. The Labute approximate surface area is 115 Å². The summed E-state index contributed by atoms with van der Waals surface area (Å²) in [6.45, 7) is 2.07. The van der Waals surface area contributed by atoms with Crippen molar-refractivity contribution in [2.45, 2.75) is 77.2 Å². The molecule has 0 heterocycles. The summed E-state index contributed by atoms with van der Waals surface area (Å²) >= 11 is 0. The van der Waals surface area contributed by atoms with Gasteiger partial charge in [-0.1, -0.05) is 26.2 Å². The van der Waals surface area contributed by atoms with Crippen molar-refractivity contribution in [1.82, 2.24) is 0 Å². The monoisotopic (exact) mass is 270 g/mol. The second kappa shape index (κ2) is 8.94. The van der Waals surface area contributed by atoms with Crippen LogP contribution < -0.4 is 0 Å². The second-order valence-corrected chi connectivity index (χ2v) is 5.44. The van der Waals surface area contributed by atoms with E-state index in [-0.39, 0.29) is 18.5 Å². The summed E-state index contributed by atoms with van der Waals surface area (Å²) < 4.78 is 5.56. The molecule has 4 nitrogen and oxygen atoms in total. The molecule has 1 atom stereocenters. The number of carbonyl (C=O) groups excluding carboxylic acids is 1. The minimum absolute atomic E-state index is 0.0623. The van der Waals surface area contributed by atoms with Crippen LogP contribution >= 0.6 is 0 Å². The van der Waals surface area contributed by atoms with Gasteiger partial charge in [0, 0.05) is 12.8 Å². The zero-order valence-corrected chi connectivity index (χ0v) is 11.9. The van der Waals surface area contributed by atoms with Gasteiger partial charge in [-0.15, -0.1) is 0 Å². The Morgan fingerprint density at radius 1 is 1.16 bits per heavy atom. The van der Waals surface area contributed by atoms with E-state index in [1.807, 2.05) is 0 Å². The fourth-order valence-corrected chi connectivity index (χ4v) is 2.79. The number of unbranched alkanes of at least 4 members (excludes halogenated alkanes) is 1. The lowest BCUT2D eigenvalue weighted by atomic mass is 9.84. The first-order chi connectivity index (χ1) is 9.13. The molecule has 0 amide bonds. The topological polar surface area (TPSA) is 63.6 Å². The van der Waals surface area contributed by atoms with Crippen molar-refractivity contribution in [3.8, 4) is 0 Å². The third kappa shape index (κ3) is 6.60. The van der Waals surface area contributed by atoms with Gasteiger partial charge in [-0.05, 0) is 38.0 Å². The van der Waals surface area contributed by atoms with Crippen molar-refractivity contribution in [1.29, 1.82) is 0 Å². The van der Waals surface area contributed by atoms with Crippen LogP contribution in [0.4, 0.5) is 0 Å². The molecule has 110 valence electrons. The zero-order chi connectivity index (χ0) is 14.1. The van der Waals surface area contributed by atoms with Gasteiger partial charge in [0.05, 0.1) is 0 Å². The van der Waals surface area contributed by atoms with Crippen LogP contribution in [-0.2, 0) is 14.3 Å². The van der Waals surface area contributed by atoms with E-state index < -0.39 is 5.97 Å². The van der Waals surface area contributed by atoms with Crippen LogP contribution in [0.25, 0.3) is 0 Å². The van der Waals surface area contributed by atoms with Crippen molar-refractivity contribution < 1.29 is 19.4 Å². The first-order valence-corrected chi connectivity index (χ1v) is 7.54. The summed E-state index contributed by atoms with van der Waals surface area (Å²) in [5, 5.41) is 8.52. The fourth-order valence-electron chi connectivity index (χ4n) is 2.79. The van der Waals surface area contributed by atoms with Crippen LogP contribution in [0.3, 0.4) is 0 Å². The summed E-state index contributed by atoms with van der Waals surface area (Å²) in [5.74, 6) is -0.438. The molecule has 1 aliphatic rings. The molecule has 1 unspecified atom stereocenters. The maximum absolute atomic E-state index is 11.7. The molecule has 0 aliphatic heterocycles. The van der Waals surface area contributed by atoms with Crippen LogP contribution in [-0.4, -0.2) is 23.1 Å². The van der Waals surface area contributed by atoms with Crippen LogP contribution in [0.1, 0.15) is 71.1 Å². The fraction of sp³-hybridized carbons (Fsp3) is 0.867. The highest BCUT2D eigenvalue weighted by Gasteiger charge is 2.25. The summed E-state index contributed by atoms with van der Waals surface area (Å²) in [6, 6.07) is 0. The van der Waals surface area contributed by atoms with E-state index in [1.165, 1.54) is 32.1 Å². The molecule has 0 saturated heterocycles. The highest BCUT2D eigenvalue weighted by molar-refractivity contribution is 5.70. The highest BCUT2D eigenvalue weighted by Crippen LogP contribution is 2.29. The van der Waals surface area contributed by atoms with Crippen molar-refractivity contribution >= 4 is 11.9 Å². The van der Waals surface area contributed by atoms with Crippen LogP contribution in [0.15, 0.2) is 0 Å². The lowest BCUT2D eigenvalue weighted by Crippen LogP contribution is -2.28. The SMILES string of the molecule is CCC(OC(=O)CCCCC(=O)O)C1CCCCC1. The Kier molecular flexibility index (Phi) is 7.53. The number of hydrogen-bond acceptors (Lipinski definition) is 3. The number of aliphatic carboxylic acids is 1. The molecule has 1 fully saturated rings. The number of esters is 1. The predicted octanol–water partition coefficient (Wildman–Crippen LogP) is 3.53. The van der Waals surface area contributed by atoms with Gasteiger partial charge in [-0.3, -0.25) is 9.59 Å². The summed E-state index contributed by atoms with van der Waals surface area (Å²) in [7, 11) is 0. The molecule has 0 spiro atoms. The minimum Gasteiger partial charge on any atom is -0.481 e. The van der Waals surface area contributed by atoms with Gasteiger partial charge in [0.2, 0.25) is 0 Å². The van der Waals surface area contributed by atoms with E-state index >= 15 is 0 Å². The number of carboxylic acids is 1. The third-order valence-corrected chi connectivity index (χ3v) is 3.88. The first kappa shape index (κ1) is 16.0. The lowest BCUT2D eigenvalue weighted by Gasteiger charge is -2.29. The molecule has 0 bridgehead atoms. The largest absolute Gasteiger partial charge is 0.481 e. The standard InChI is InChI=1S/C15H26O4/c1-2-13(12-8-4-3-5-9-12)19-15(18)11-7-6-10-14(16)17/h12-13H,2-11H2,1H3,(H,16,17). The Bertz CT molecular complexity index is 282. The van der Waals surface area contributed by atoms with E-state index in [1.54, 1.807) is 0 Å². The smallest absolute Gasteiger partial charge is 0.306 e. The van der Waals surface area contributed by atoms with Crippen LogP contribution in [0.2, 0.25) is 0 Å². The maximum atomic E-state index is 11.7. The molecule has 0 aromatic carbocycles. The van der Waals surface area contributed by atoms with Crippen LogP contribution in [0, 0.1) is 5.92 Å². The molecule has 0 aromatic rings. The quantitative estimate of drug-likeness (QED) is 0.541. The number of carboxylic acid groups (broad SMARTS) is 1. The van der Waals surface area contributed by atoms with E-state index in [2.05, 4.69) is 6.92 Å². The van der Waals surface area contributed by atoms with Gasteiger partial charge in [-0.25, -0.2) is 0 Å². The molecular weight excluding hydrogens is 244 g/mol. The number of rotatable bonds is 8. The number of ether oxygens (including phenoxy) is 1. The summed E-state index contributed by atoms with van der Waals surface area (Å²) in [5.41, 5.74) is 0. The summed E-state index contributed by atoms with van der Waals surface area (Å²) in [6.07, 6.45) is 8.71. The predicted molar refractivity (Wildman–Crippen MR) is 72.8 cm³/mol. The molecule has 1 N–H and O–H groups in total. The molecule has 19 heavy (non-hydrogen) atoms. The number of hydrogen-bond donors (Lipinski definition) is 1. The van der Waals surface area contributed by atoms with E-state index in [9.17, 15) is 9.59 Å². The Morgan fingerprint density at radius 2 is 1.79 bits per heavy atom.